The smallest absolute Gasteiger partial charge is 0.254 e. The summed E-state index contributed by atoms with van der Waals surface area (Å²) in [5, 5.41) is 2.60. The number of hydrogen-bond acceptors (Lipinski definition) is 3. The third kappa shape index (κ3) is 3.95. The third-order valence-electron chi connectivity index (χ3n) is 2.93. The van der Waals surface area contributed by atoms with E-state index in [1.165, 1.54) is 12.1 Å². The quantitative estimate of drug-likeness (QED) is 0.656. The lowest BCUT2D eigenvalue weighted by Crippen LogP contribution is -2.28. The Hall–Kier alpha value is -2.56. The maximum absolute atomic E-state index is 13.6. The van der Waals surface area contributed by atoms with Gasteiger partial charge in [-0.25, -0.2) is 4.39 Å². The Bertz CT molecular complexity index is 644. The minimum Gasteiger partial charge on any atom is -0.490 e. The number of nitrogens with one attached hydrogen (secondary N) is 1. The summed E-state index contributed by atoms with van der Waals surface area (Å²) in [6.45, 7) is 2.29. The molecule has 0 heterocycles. The number of amides is 1. The van der Waals surface area contributed by atoms with Gasteiger partial charge in [0, 0.05) is 0 Å². The first-order chi connectivity index (χ1) is 10.1. The molecule has 0 saturated heterocycles. The van der Waals surface area contributed by atoms with Crippen LogP contribution in [0.1, 0.15) is 15.9 Å². The van der Waals surface area contributed by atoms with E-state index in [0.29, 0.717) is 11.4 Å². The highest BCUT2D eigenvalue weighted by molar-refractivity contribution is 5.94. The number of nitrogens with two attached hydrogens (primary N) is 1. The van der Waals surface area contributed by atoms with Crippen molar-refractivity contribution in [1.29, 1.82) is 0 Å². The van der Waals surface area contributed by atoms with E-state index in [-0.39, 0.29) is 18.7 Å². The van der Waals surface area contributed by atoms with Crippen molar-refractivity contribution in [3.63, 3.8) is 0 Å². The normalized spacial score (nSPS) is 10.2. The zero-order valence-corrected chi connectivity index (χ0v) is 11.7. The van der Waals surface area contributed by atoms with Crippen LogP contribution in [0.25, 0.3) is 0 Å². The number of hydrogen-bond donors (Lipinski definition) is 2. The van der Waals surface area contributed by atoms with Crippen molar-refractivity contribution in [1.82, 2.24) is 5.32 Å². The van der Waals surface area contributed by atoms with E-state index in [4.69, 9.17) is 10.5 Å². The summed E-state index contributed by atoms with van der Waals surface area (Å²) in [6.07, 6.45) is 0. The van der Waals surface area contributed by atoms with Gasteiger partial charge in [-0.2, -0.15) is 0 Å². The molecule has 2 aromatic carbocycles. The molecule has 2 rings (SSSR count). The first-order valence-corrected chi connectivity index (χ1v) is 6.59. The zero-order valence-electron chi connectivity index (χ0n) is 11.7. The number of halogens is 1. The molecule has 0 bridgehead atoms. The third-order valence-corrected chi connectivity index (χ3v) is 2.93. The molecule has 3 N–H and O–H groups in total. The number of aryl methyl sites for hydroxylation is 1. The van der Waals surface area contributed by atoms with Crippen molar-refractivity contribution in [3.8, 4) is 5.75 Å². The SMILES string of the molecule is Cc1ccc(C(=O)NCCOc2ccccc2N)c(F)c1. The Morgan fingerprint density at radius 2 is 2.05 bits per heavy atom. The molecular weight excluding hydrogens is 271 g/mol. The summed E-state index contributed by atoms with van der Waals surface area (Å²) in [5.74, 6) is -0.425. The van der Waals surface area contributed by atoms with E-state index in [1.54, 1.807) is 25.1 Å². The molecule has 0 fully saturated rings. The van der Waals surface area contributed by atoms with Gasteiger partial charge in [-0.1, -0.05) is 18.2 Å². The van der Waals surface area contributed by atoms with Crippen LogP contribution in [-0.2, 0) is 0 Å². The maximum Gasteiger partial charge on any atom is 0.254 e. The van der Waals surface area contributed by atoms with E-state index in [0.717, 1.165) is 5.56 Å². The molecule has 110 valence electrons. The minimum atomic E-state index is -0.527. The molecule has 2 aromatic rings. The molecular formula is C16H17FN2O2. The van der Waals surface area contributed by atoms with Crippen LogP contribution in [-0.4, -0.2) is 19.1 Å². The molecule has 4 nitrogen and oxygen atoms in total. The van der Waals surface area contributed by atoms with Crippen LogP contribution < -0.4 is 15.8 Å². The Kier molecular flexibility index (Phi) is 4.77. The second-order valence-electron chi connectivity index (χ2n) is 4.63. The molecule has 5 heteroatoms. The molecule has 1 amide bonds. The number of anilines is 1. The minimum absolute atomic E-state index is 0.0276. The summed E-state index contributed by atoms with van der Waals surface area (Å²) >= 11 is 0. The van der Waals surface area contributed by atoms with Crippen LogP contribution in [0.2, 0.25) is 0 Å². The Morgan fingerprint density at radius 3 is 2.76 bits per heavy atom. The fraction of sp³-hybridized carbons (Fsp3) is 0.188. The lowest BCUT2D eigenvalue weighted by Gasteiger charge is -2.10. The molecule has 0 spiro atoms. The average molecular weight is 288 g/mol. The van der Waals surface area contributed by atoms with Gasteiger partial charge in [0.05, 0.1) is 17.8 Å². The molecule has 0 atom stereocenters. The summed E-state index contributed by atoms with van der Waals surface area (Å²) in [6, 6.07) is 11.6. The number of rotatable bonds is 5. The van der Waals surface area contributed by atoms with Gasteiger partial charge in [0.2, 0.25) is 0 Å². The monoisotopic (exact) mass is 288 g/mol. The van der Waals surface area contributed by atoms with Gasteiger partial charge in [-0.3, -0.25) is 4.79 Å². The van der Waals surface area contributed by atoms with E-state index in [1.807, 2.05) is 12.1 Å². The van der Waals surface area contributed by atoms with E-state index >= 15 is 0 Å². The van der Waals surface area contributed by atoms with Crippen LogP contribution in [0.15, 0.2) is 42.5 Å². The van der Waals surface area contributed by atoms with E-state index in [2.05, 4.69) is 5.32 Å². The highest BCUT2D eigenvalue weighted by atomic mass is 19.1. The zero-order chi connectivity index (χ0) is 15.2. The summed E-state index contributed by atoms with van der Waals surface area (Å²) in [7, 11) is 0. The lowest BCUT2D eigenvalue weighted by molar-refractivity contribution is 0.0943. The van der Waals surface area contributed by atoms with Crippen LogP contribution in [0.3, 0.4) is 0 Å². The summed E-state index contributed by atoms with van der Waals surface area (Å²) < 4.78 is 19.1. The number of carbonyl (C=O) groups is 1. The number of benzene rings is 2. The Labute approximate surface area is 122 Å². The lowest BCUT2D eigenvalue weighted by atomic mass is 10.1. The van der Waals surface area contributed by atoms with Crippen LogP contribution >= 0.6 is 0 Å². The Balaban J connectivity index is 1.83. The van der Waals surface area contributed by atoms with Crippen molar-refractivity contribution in [2.75, 3.05) is 18.9 Å². The summed E-state index contributed by atoms with van der Waals surface area (Å²) in [4.78, 5) is 11.8. The van der Waals surface area contributed by atoms with Crippen molar-refractivity contribution in [2.45, 2.75) is 6.92 Å². The van der Waals surface area contributed by atoms with E-state index in [9.17, 15) is 9.18 Å². The fourth-order valence-electron chi connectivity index (χ4n) is 1.84. The van der Waals surface area contributed by atoms with Gasteiger partial charge < -0.3 is 15.8 Å². The van der Waals surface area contributed by atoms with Gasteiger partial charge >= 0.3 is 0 Å². The molecule has 0 aliphatic rings. The topological polar surface area (TPSA) is 64.3 Å². The number of nitrogen functional groups attached to an aromatic ring is 1. The first kappa shape index (κ1) is 14.8. The van der Waals surface area contributed by atoms with Crippen molar-refractivity contribution >= 4 is 11.6 Å². The molecule has 0 saturated carbocycles. The largest absolute Gasteiger partial charge is 0.490 e. The number of para-hydroxylation sites is 2. The van der Waals surface area contributed by atoms with Crippen LogP contribution in [0, 0.1) is 12.7 Å². The fourth-order valence-corrected chi connectivity index (χ4v) is 1.84. The first-order valence-electron chi connectivity index (χ1n) is 6.59. The second kappa shape index (κ2) is 6.74. The summed E-state index contributed by atoms with van der Waals surface area (Å²) in [5.41, 5.74) is 7.06. The maximum atomic E-state index is 13.6. The highest BCUT2D eigenvalue weighted by Crippen LogP contribution is 2.19. The standard InChI is InChI=1S/C16H17FN2O2/c1-11-6-7-12(13(17)10-11)16(20)19-8-9-21-15-5-3-2-4-14(15)18/h2-7,10H,8-9,18H2,1H3,(H,19,20). The predicted octanol–water partition coefficient (Wildman–Crippen LogP) is 2.53. The molecule has 0 aromatic heterocycles. The van der Waals surface area contributed by atoms with Gasteiger partial charge in [-0.15, -0.1) is 0 Å². The highest BCUT2D eigenvalue weighted by Gasteiger charge is 2.10. The van der Waals surface area contributed by atoms with Gasteiger partial charge in [0.15, 0.2) is 0 Å². The molecule has 0 aliphatic carbocycles. The predicted molar refractivity (Wildman–Crippen MR) is 79.8 cm³/mol. The molecule has 0 unspecified atom stereocenters. The average Bonchev–Trinajstić information content (AvgIpc) is 2.45. The van der Waals surface area contributed by atoms with Crippen LogP contribution in [0.5, 0.6) is 5.75 Å². The Morgan fingerprint density at radius 1 is 1.29 bits per heavy atom. The van der Waals surface area contributed by atoms with Crippen molar-refractivity contribution in [3.05, 3.63) is 59.4 Å². The van der Waals surface area contributed by atoms with Gasteiger partial charge in [-0.05, 0) is 36.8 Å². The van der Waals surface area contributed by atoms with Crippen molar-refractivity contribution in [2.24, 2.45) is 0 Å². The molecule has 0 radical (unpaired) electrons. The molecule has 0 aliphatic heterocycles. The number of carbonyl (C=O) groups excluding carboxylic acids is 1. The van der Waals surface area contributed by atoms with Crippen LogP contribution in [0.4, 0.5) is 10.1 Å². The van der Waals surface area contributed by atoms with Gasteiger partial charge in [0.1, 0.15) is 18.2 Å². The van der Waals surface area contributed by atoms with Gasteiger partial charge in [0.25, 0.3) is 5.91 Å². The second-order valence-corrected chi connectivity index (χ2v) is 4.63. The number of ether oxygens (including phenoxy) is 1. The van der Waals surface area contributed by atoms with E-state index < -0.39 is 11.7 Å². The van der Waals surface area contributed by atoms with Crippen molar-refractivity contribution < 1.29 is 13.9 Å². The molecule has 21 heavy (non-hydrogen) atoms.